The van der Waals surface area contributed by atoms with Gasteiger partial charge in [0, 0.05) is 102 Å². The molecule has 3 aromatic carbocycles. The first-order chi connectivity index (χ1) is 26.3. The number of likely N-dealkylation sites (N-methyl/N-ethyl adjacent to an activating group) is 1. The van der Waals surface area contributed by atoms with Gasteiger partial charge in [0.05, 0.1) is 52.6 Å². The van der Waals surface area contributed by atoms with Gasteiger partial charge in [-0.25, -0.2) is 4.98 Å². The first-order valence-electron chi connectivity index (χ1n) is 18.8. The van der Waals surface area contributed by atoms with Gasteiger partial charge in [0.15, 0.2) is 5.82 Å². The number of piperidine rings is 1. The summed E-state index contributed by atoms with van der Waals surface area (Å²) < 4.78 is 10.4. The predicted octanol–water partition coefficient (Wildman–Crippen LogP) is 7.77. The molecule has 0 atom stereocenters. The first kappa shape index (κ1) is 38.4. The van der Waals surface area contributed by atoms with Crippen LogP contribution < -0.4 is 22.0 Å². The lowest BCUT2D eigenvalue weighted by molar-refractivity contribution is 0.0982. The molecule has 0 bridgehead atoms. The van der Waals surface area contributed by atoms with E-state index in [1.807, 2.05) is 19.3 Å². The van der Waals surface area contributed by atoms with Crippen LogP contribution >= 0.6 is 34.8 Å². The molecule has 5 aromatic rings. The Balaban J connectivity index is 1.23. The van der Waals surface area contributed by atoms with Gasteiger partial charge in [-0.15, -0.1) is 0 Å². The lowest BCUT2D eigenvalue weighted by atomic mass is 9.97. The van der Waals surface area contributed by atoms with E-state index in [1.54, 1.807) is 31.5 Å². The Hall–Kier alpha value is -3.92. The van der Waals surface area contributed by atoms with E-state index in [9.17, 15) is 0 Å². The quantitative estimate of drug-likeness (QED) is 0.0699. The van der Waals surface area contributed by atoms with Crippen molar-refractivity contribution >= 4 is 80.4 Å². The highest BCUT2D eigenvalue weighted by atomic mass is 127. The van der Waals surface area contributed by atoms with E-state index in [4.69, 9.17) is 19.7 Å². The standard InChI is InChI=1S/C41H51IN10OS/c1-7-30-28-45-41(46-40(30)52(42)34-14-13-33-38(44-18-17-43-33)39(34)49(4)54-6)48(3)36-26-31(25-29-11-9-8-10-12-29)35(27-37(36)53-5)51-19-15-32(16-20-51)50-23-21-47(2)22-24-50/h8-14,17-18,26-28,32H,7,15-16,19-25H2,1-6H3. The molecule has 2 aromatic heterocycles. The summed E-state index contributed by atoms with van der Waals surface area (Å²) in [5, 5.41) is 0. The van der Waals surface area contributed by atoms with Crippen molar-refractivity contribution in [1.82, 2.24) is 29.7 Å². The molecule has 0 saturated carbocycles. The molecule has 2 aliphatic rings. The van der Waals surface area contributed by atoms with Crippen molar-refractivity contribution in [2.75, 3.05) is 91.0 Å². The van der Waals surface area contributed by atoms with Crippen molar-refractivity contribution < 1.29 is 4.74 Å². The topological polar surface area (TPSA) is 80.2 Å². The Morgan fingerprint density at radius 1 is 0.889 bits per heavy atom. The number of halogens is 1. The summed E-state index contributed by atoms with van der Waals surface area (Å²) in [7, 11) is 8.08. The van der Waals surface area contributed by atoms with Crippen molar-refractivity contribution in [2.24, 2.45) is 0 Å². The van der Waals surface area contributed by atoms with Gasteiger partial charge in [-0.05, 0) is 62.1 Å². The second kappa shape index (κ2) is 17.3. The van der Waals surface area contributed by atoms with Crippen molar-refractivity contribution in [3.05, 3.63) is 89.9 Å². The molecule has 0 unspecified atom stereocenters. The Labute approximate surface area is 338 Å². The lowest BCUT2D eigenvalue weighted by Crippen LogP contribution is -2.52. The highest BCUT2D eigenvalue weighted by Crippen LogP contribution is 2.44. The summed E-state index contributed by atoms with van der Waals surface area (Å²) in [6.07, 6.45) is 11.4. The van der Waals surface area contributed by atoms with Crippen LogP contribution in [0.15, 0.2) is 73.2 Å². The fraction of sp³-hybridized carbons (Fsp3) is 0.415. The zero-order valence-corrected chi connectivity index (χ0v) is 35.2. The minimum absolute atomic E-state index is 0.592. The zero-order chi connectivity index (χ0) is 37.8. The van der Waals surface area contributed by atoms with Crippen LogP contribution in [0.25, 0.3) is 11.0 Å². The third-order valence-electron chi connectivity index (χ3n) is 10.9. The Bertz CT molecular complexity index is 2040. The van der Waals surface area contributed by atoms with Gasteiger partial charge in [0.2, 0.25) is 5.95 Å². The van der Waals surface area contributed by atoms with Gasteiger partial charge in [0.1, 0.15) is 11.3 Å². The maximum atomic E-state index is 6.17. The number of methoxy groups -OCH3 is 1. The Kier molecular flexibility index (Phi) is 12.3. The number of benzene rings is 3. The van der Waals surface area contributed by atoms with Gasteiger partial charge in [-0.1, -0.05) is 49.2 Å². The summed E-state index contributed by atoms with van der Waals surface area (Å²) >= 11 is 4.00. The number of nitrogens with zero attached hydrogens (tertiary/aromatic N) is 10. The number of rotatable bonds is 12. The number of aromatic nitrogens is 4. The minimum Gasteiger partial charge on any atom is -0.494 e. The Morgan fingerprint density at radius 3 is 2.33 bits per heavy atom. The SMILES string of the molecule is CCc1cnc(N(C)c2cc(Cc3ccccc3)c(N3CCC(N4CCN(C)CC4)CC3)cc2OC)nc1N(I)c1ccc2nccnc2c1N(C)SC. The largest absolute Gasteiger partial charge is 0.494 e. The summed E-state index contributed by atoms with van der Waals surface area (Å²) in [6, 6.07) is 20.1. The molecule has 2 fully saturated rings. The van der Waals surface area contributed by atoms with Crippen molar-refractivity contribution in [3.8, 4) is 5.75 Å². The van der Waals surface area contributed by atoms with Gasteiger partial charge >= 0.3 is 0 Å². The number of piperazine rings is 1. The molecule has 0 spiro atoms. The molecule has 4 heterocycles. The van der Waals surface area contributed by atoms with Crippen molar-refractivity contribution in [3.63, 3.8) is 0 Å². The van der Waals surface area contributed by atoms with Crippen molar-refractivity contribution in [1.29, 1.82) is 0 Å². The molecule has 2 aliphatic heterocycles. The minimum atomic E-state index is 0.592. The maximum Gasteiger partial charge on any atom is 0.231 e. The van der Waals surface area contributed by atoms with Crippen LogP contribution in [0, 0.1) is 0 Å². The smallest absolute Gasteiger partial charge is 0.231 e. The average molecular weight is 859 g/mol. The van der Waals surface area contributed by atoms with E-state index >= 15 is 0 Å². The van der Waals surface area contributed by atoms with Crippen LogP contribution in [-0.4, -0.2) is 110 Å². The molecular weight excluding hydrogens is 807 g/mol. The summed E-state index contributed by atoms with van der Waals surface area (Å²) in [6.45, 7) is 8.85. The molecule has 7 rings (SSSR count). The van der Waals surface area contributed by atoms with Gasteiger partial charge < -0.3 is 23.7 Å². The molecule has 13 heteroatoms. The normalized spacial score (nSPS) is 15.8. The molecule has 11 nitrogen and oxygen atoms in total. The lowest BCUT2D eigenvalue weighted by Gasteiger charge is -2.43. The van der Waals surface area contributed by atoms with E-state index in [0.717, 1.165) is 84.2 Å². The maximum absolute atomic E-state index is 6.17. The summed E-state index contributed by atoms with van der Waals surface area (Å²) in [4.78, 5) is 29.3. The molecule has 0 radical (unpaired) electrons. The first-order valence-corrected chi connectivity index (χ1v) is 20.9. The predicted molar refractivity (Wildman–Crippen MR) is 234 cm³/mol. The number of ether oxygens (including phenoxy) is 1. The number of aryl methyl sites for hydroxylation is 1. The fourth-order valence-corrected chi connectivity index (χ4v) is 8.87. The molecule has 0 amide bonds. The number of fused-ring (bicyclic) bond motifs is 1. The molecular formula is C41H51IN10OS. The fourth-order valence-electron chi connectivity index (χ4n) is 7.70. The number of hydrogen-bond donors (Lipinski definition) is 0. The molecule has 2 saturated heterocycles. The van der Waals surface area contributed by atoms with Crippen LogP contribution in [0.2, 0.25) is 0 Å². The molecule has 0 aliphatic carbocycles. The van der Waals surface area contributed by atoms with E-state index in [0.29, 0.717) is 12.0 Å². The number of anilines is 6. The zero-order valence-electron chi connectivity index (χ0n) is 32.2. The molecule has 0 N–H and O–H groups in total. The number of hydrogen-bond acceptors (Lipinski definition) is 12. The third-order valence-corrected chi connectivity index (χ3v) is 12.6. The van der Waals surface area contributed by atoms with Crippen molar-refractivity contribution in [2.45, 2.75) is 38.6 Å². The highest BCUT2D eigenvalue weighted by Gasteiger charge is 2.29. The van der Waals surface area contributed by atoms with Crippen LogP contribution in [0.1, 0.15) is 36.5 Å². The second-order valence-corrected chi connectivity index (χ2v) is 16.0. The Morgan fingerprint density at radius 2 is 1.63 bits per heavy atom. The van der Waals surface area contributed by atoms with Crippen LogP contribution in [0.5, 0.6) is 5.75 Å². The van der Waals surface area contributed by atoms with E-state index in [-0.39, 0.29) is 0 Å². The van der Waals surface area contributed by atoms with Gasteiger partial charge in [0.25, 0.3) is 0 Å². The second-order valence-electron chi connectivity index (χ2n) is 14.1. The third kappa shape index (κ3) is 8.05. The van der Waals surface area contributed by atoms with Crippen LogP contribution in [0.3, 0.4) is 0 Å². The van der Waals surface area contributed by atoms with Gasteiger partial charge in [-0.2, -0.15) is 4.98 Å². The molecule has 54 heavy (non-hydrogen) atoms. The van der Waals surface area contributed by atoms with Gasteiger partial charge in [-0.3, -0.25) is 18.0 Å². The van der Waals surface area contributed by atoms with E-state index in [2.05, 4.69) is 131 Å². The summed E-state index contributed by atoms with van der Waals surface area (Å²) in [5.41, 5.74) is 9.42. The highest BCUT2D eigenvalue weighted by molar-refractivity contribution is 14.1. The summed E-state index contributed by atoms with van der Waals surface area (Å²) in [5.74, 6) is 2.23. The van der Waals surface area contributed by atoms with E-state index in [1.165, 1.54) is 42.7 Å². The monoisotopic (exact) mass is 858 g/mol. The van der Waals surface area contributed by atoms with Crippen LogP contribution in [-0.2, 0) is 12.8 Å². The molecule has 284 valence electrons. The van der Waals surface area contributed by atoms with E-state index < -0.39 is 0 Å². The van der Waals surface area contributed by atoms with Crippen LogP contribution in [0.4, 0.5) is 34.5 Å². The average Bonchev–Trinajstić information content (AvgIpc) is 3.22.